The second-order valence-electron chi connectivity index (χ2n) is 11.5. The summed E-state index contributed by atoms with van der Waals surface area (Å²) >= 11 is 0. The van der Waals surface area contributed by atoms with Gasteiger partial charge in [0.2, 0.25) is 0 Å². The average Bonchev–Trinajstić information content (AvgIpc) is 3.59. The van der Waals surface area contributed by atoms with E-state index in [1.54, 1.807) is 0 Å². The molecule has 2 aliphatic rings. The molecular formula is C35H39CuN4O4-. The van der Waals surface area contributed by atoms with Crippen LogP contribution in [0.3, 0.4) is 0 Å². The molecule has 0 saturated carbocycles. The Morgan fingerprint density at radius 3 is 1.84 bits per heavy atom. The van der Waals surface area contributed by atoms with Crippen LogP contribution in [0.25, 0.3) is 44.4 Å². The molecule has 0 spiro atoms. The van der Waals surface area contributed by atoms with E-state index >= 15 is 0 Å². The van der Waals surface area contributed by atoms with Crippen LogP contribution < -0.4 is 4.98 Å². The Morgan fingerprint density at radius 1 is 0.705 bits per heavy atom. The van der Waals surface area contributed by atoms with Gasteiger partial charge in [-0.2, -0.15) is 0 Å². The van der Waals surface area contributed by atoms with Gasteiger partial charge in [0.05, 0.1) is 22.8 Å². The average molecular weight is 643 g/mol. The van der Waals surface area contributed by atoms with Crippen molar-refractivity contribution in [3.63, 3.8) is 0 Å². The zero-order chi connectivity index (χ0) is 31.2. The van der Waals surface area contributed by atoms with Crippen molar-refractivity contribution in [2.75, 3.05) is 0 Å². The largest absolute Gasteiger partial charge is 0.657 e. The summed E-state index contributed by atoms with van der Waals surface area (Å²) in [7, 11) is 2.07. The Balaban J connectivity index is 0.00000442. The molecule has 9 heteroatoms. The molecule has 2 aliphatic heterocycles. The van der Waals surface area contributed by atoms with E-state index in [-0.39, 0.29) is 29.9 Å². The van der Waals surface area contributed by atoms with Crippen LogP contribution >= 0.6 is 0 Å². The standard InChI is InChI=1S/C35H40N4O4.Cu/c1-8-22-18(3)28-17-33-23(9-2)21(6)32(39(33)7)16-27-20(5)25(11-13-35(42)43)31(38-27)15-30-24(10-12-34(40)41)19(4)26(36-30)14-29(22)37-28;/h14-17H,8-13H2,1-7H3,(H3,36,37,38,40,41,42,43);/p-1. The Hall–Kier alpha value is -3.94. The van der Waals surface area contributed by atoms with Crippen molar-refractivity contribution in [2.45, 2.75) is 80.1 Å². The summed E-state index contributed by atoms with van der Waals surface area (Å²) in [4.78, 5) is 38.3. The Morgan fingerprint density at radius 2 is 1.25 bits per heavy atom. The predicted molar refractivity (Wildman–Crippen MR) is 172 cm³/mol. The van der Waals surface area contributed by atoms with Gasteiger partial charge in [0, 0.05) is 48.0 Å². The van der Waals surface area contributed by atoms with Crippen LogP contribution in [0.4, 0.5) is 0 Å². The maximum Gasteiger partial charge on any atom is 0.303 e. The van der Waals surface area contributed by atoms with E-state index in [2.05, 4.69) is 51.4 Å². The molecule has 0 saturated heterocycles. The number of hydrogen-bond acceptors (Lipinski definition) is 4. The number of aliphatic carboxylic acids is 2. The minimum Gasteiger partial charge on any atom is -0.657 e. The van der Waals surface area contributed by atoms with Gasteiger partial charge in [-0.15, -0.1) is 11.0 Å². The molecule has 5 heterocycles. The third-order valence-corrected chi connectivity index (χ3v) is 9.01. The molecule has 5 rings (SSSR count). The van der Waals surface area contributed by atoms with Gasteiger partial charge in [-0.05, 0) is 98.9 Å². The molecular weight excluding hydrogens is 604 g/mol. The SMILES string of the molecule is CCC1=C(C)c2cc3c(CC)c(C)c(cc4nc(cc5[n-]c(cc1n2)c(C)c5CCC(=O)O)C(CCC(=O)O)=C4C)n3C.[Cu]. The van der Waals surface area contributed by atoms with Crippen molar-refractivity contribution in [1.29, 1.82) is 0 Å². The van der Waals surface area contributed by atoms with Gasteiger partial charge < -0.3 is 19.8 Å². The maximum absolute atomic E-state index is 11.6. The number of nitrogens with zero attached hydrogens (tertiary/aromatic N) is 4. The molecule has 0 atom stereocenters. The summed E-state index contributed by atoms with van der Waals surface area (Å²) < 4.78 is 2.20. The molecule has 3 aromatic rings. The van der Waals surface area contributed by atoms with Gasteiger partial charge in [-0.25, -0.2) is 9.97 Å². The topological polar surface area (TPSA) is 119 Å². The second kappa shape index (κ2) is 13.0. The van der Waals surface area contributed by atoms with Crippen molar-refractivity contribution < 1.29 is 36.9 Å². The van der Waals surface area contributed by atoms with Crippen molar-refractivity contribution in [2.24, 2.45) is 7.05 Å². The fourth-order valence-corrected chi connectivity index (χ4v) is 6.49. The first kappa shape index (κ1) is 33.0. The summed E-state index contributed by atoms with van der Waals surface area (Å²) in [6.07, 6.45) is 2.31. The summed E-state index contributed by atoms with van der Waals surface area (Å²) in [5, 5.41) is 19.0. The van der Waals surface area contributed by atoms with Crippen LogP contribution in [-0.4, -0.2) is 36.7 Å². The molecule has 0 aromatic carbocycles. The molecule has 3 aromatic heterocycles. The molecule has 1 radical (unpaired) electrons. The van der Waals surface area contributed by atoms with Gasteiger partial charge in [0.15, 0.2) is 0 Å². The summed E-state index contributed by atoms with van der Waals surface area (Å²) in [5.41, 5.74) is 15.2. The van der Waals surface area contributed by atoms with E-state index in [4.69, 9.17) is 15.0 Å². The van der Waals surface area contributed by atoms with Gasteiger partial charge >= 0.3 is 11.9 Å². The number of fused-ring (bicyclic) bond motifs is 8. The van der Waals surface area contributed by atoms with E-state index in [0.717, 1.165) is 74.3 Å². The van der Waals surface area contributed by atoms with Gasteiger partial charge in [-0.1, -0.05) is 37.1 Å². The number of carboxylic acid groups (broad SMARTS) is 2. The Kier molecular flexibility index (Phi) is 9.71. The first-order valence-electron chi connectivity index (χ1n) is 14.9. The van der Waals surface area contributed by atoms with Crippen LogP contribution in [-0.2, 0) is 46.5 Å². The van der Waals surface area contributed by atoms with Crippen molar-refractivity contribution >= 4 is 56.3 Å². The Labute approximate surface area is 268 Å². The molecule has 8 nitrogen and oxygen atoms in total. The summed E-state index contributed by atoms with van der Waals surface area (Å²) in [5.74, 6) is -1.74. The van der Waals surface area contributed by atoms with E-state index in [0.29, 0.717) is 24.1 Å². The van der Waals surface area contributed by atoms with Crippen molar-refractivity contribution in [3.8, 4) is 0 Å². The normalized spacial score (nSPS) is 13.0. The number of carboxylic acids is 2. The number of aromatic nitrogens is 4. The molecule has 0 aliphatic carbocycles. The third-order valence-electron chi connectivity index (χ3n) is 9.01. The smallest absolute Gasteiger partial charge is 0.303 e. The molecule has 0 unspecified atom stereocenters. The fourth-order valence-electron chi connectivity index (χ4n) is 6.49. The molecule has 0 fully saturated rings. The number of aryl methyl sites for hydroxylation is 5. The number of allylic oxidation sites excluding steroid dienone is 4. The Bertz CT molecular complexity index is 1910. The van der Waals surface area contributed by atoms with Crippen molar-refractivity contribution in [3.05, 3.63) is 69.3 Å². The monoisotopic (exact) mass is 642 g/mol. The van der Waals surface area contributed by atoms with E-state index in [1.165, 1.54) is 16.7 Å². The van der Waals surface area contributed by atoms with E-state index < -0.39 is 11.9 Å². The molecule has 8 bridgehead atoms. The molecule has 0 amide bonds. The molecule has 44 heavy (non-hydrogen) atoms. The van der Waals surface area contributed by atoms with Crippen LogP contribution in [0.5, 0.6) is 0 Å². The zero-order valence-electron chi connectivity index (χ0n) is 26.4. The second-order valence-corrected chi connectivity index (χ2v) is 11.5. The first-order valence-corrected chi connectivity index (χ1v) is 14.9. The molecule has 235 valence electrons. The predicted octanol–water partition coefficient (Wildman–Crippen LogP) is 7.28. The van der Waals surface area contributed by atoms with Crippen molar-refractivity contribution in [1.82, 2.24) is 19.5 Å². The van der Waals surface area contributed by atoms with Gasteiger partial charge in [0.1, 0.15) is 0 Å². The third kappa shape index (κ3) is 5.91. The van der Waals surface area contributed by atoms with E-state index in [1.807, 2.05) is 26.0 Å². The van der Waals surface area contributed by atoms with Crippen LogP contribution in [0.15, 0.2) is 24.3 Å². The minimum atomic E-state index is -0.873. The minimum absolute atomic E-state index is 0. The quantitative estimate of drug-likeness (QED) is 0.248. The zero-order valence-corrected chi connectivity index (χ0v) is 27.3. The van der Waals surface area contributed by atoms with Crippen LogP contribution in [0, 0.1) is 13.8 Å². The van der Waals surface area contributed by atoms with Gasteiger partial charge in [-0.3, -0.25) is 9.59 Å². The number of rotatable bonds is 8. The summed E-state index contributed by atoms with van der Waals surface area (Å²) in [6.45, 7) is 12.5. The van der Waals surface area contributed by atoms with Crippen LogP contribution in [0.1, 0.15) is 98.4 Å². The maximum atomic E-state index is 11.6. The van der Waals surface area contributed by atoms with Crippen LogP contribution in [0.2, 0.25) is 0 Å². The van der Waals surface area contributed by atoms with Gasteiger partial charge in [0.25, 0.3) is 0 Å². The number of hydrogen-bond donors (Lipinski definition) is 2. The summed E-state index contributed by atoms with van der Waals surface area (Å²) in [6, 6.07) is 8.19. The number of carbonyl (C=O) groups is 2. The fraction of sp³-hybridized carbons (Fsp3) is 0.371. The molecule has 2 N–H and O–H groups in total. The van der Waals surface area contributed by atoms with E-state index in [9.17, 15) is 19.8 Å². The first-order chi connectivity index (χ1) is 20.4.